The van der Waals surface area contributed by atoms with Crippen LogP contribution in [-0.2, 0) is 11.8 Å². The van der Waals surface area contributed by atoms with Crippen LogP contribution in [-0.4, -0.2) is 59.7 Å². The molecule has 7 nitrogen and oxygen atoms in total. The van der Waals surface area contributed by atoms with E-state index >= 15 is 0 Å². The molecule has 1 aliphatic rings. The van der Waals surface area contributed by atoms with Gasteiger partial charge >= 0.3 is 0 Å². The maximum atomic E-state index is 12.3. The van der Waals surface area contributed by atoms with Gasteiger partial charge in [0.2, 0.25) is 5.91 Å². The van der Waals surface area contributed by atoms with Gasteiger partial charge in [0.15, 0.2) is 0 Å². The highest BCUT2D eigenvalue weighted by Crippen LogP contribution is 2.19. The van der Waals surface area contributed by atoms with Crippen molar-refractivity contribution in [2.24, 2.45) is 7.05 Å². The highest BCUT2D eigenvalue weighted by molar-refractivity contribution is 5.78. The minimum absolute atomic E-state index is 0.0129. The summed E-state index contributed by atoms with van der Waals surface area (Å²) in [7, 11) is 1.98. The standard InChI is InChI=1S/C19H27N5O2/c1-15-4-3-5-16(12-15)26-11-8-21-18(25)14-24-10-6-20-13-17(24)19-22-7-9-23(19)2/h3-5,7,9,12,17,20H,6,8,10-11,13-14H2,1-2H3,(H,21,25). The van der Waals surface area contributed by atoms with Crippen LogP contribution < -0.4 is 15.4 Å². The minimum atomic E-state index is 0.0129. The number of aromatic nitrogens is 2. The van der Waals surface area contributed by atoms with Crippen molar-refractivity contribution in [1.29, 1.82) is 0 Å². The molecule has 1 fully saturated rings. The molecule has 0 saturated carbocycles. The third-order valence-electron chi connectivity index (χ3n) is 4.54. The third-order valence-corrected chi connectivity index (χ3v) is 4.54. The Bertz CT molecular complexity index is 730. The first-order chi connectivity index (χ1) is 12.6. The first kappa shape index (κ1) is 18.4. The average molecular weight is 357 g/mol. The van der Waals surface area contributed by atoms with E-state index in [-0.39, 0.29) is 11.9 Å². The zero-order valence-electron chi connectivity index (χ0n) is 15.4. The van der Waals surface area contributed by atoms with E-state index in [1.165, 1.54) is 0 Å². The number of ether oxygens (including phenoxy) is 1. The molecule has 1 amide bonds. The molecule has 2 heterocycles. The van der Waals surface area contributed by atoms with E-state index in [9.17, 15) is 4.79 Å². The Kier molecular flexibility index (Phi) is 6.25. The molecule has 0 bridgehead atoms. The van der Waals surface area contributed by atoms with E-state index in [1.54, 1.807) is 6.20 Å². The van der Waals surface area contributed by atoms with Gasteiger partial charge in [0.1, 0.15) is 18.2 Å². The molecule has 1 aromatic carbocycles. The minimum Gasteiger partial charge on any atom is -0.492 e. The van der Waals surface area contributed by atoms with Gasteiger partial charge in [-0.05, 0) is 24.6 Å². The number of carbonyl (C=O) groups is 1. The Balaban J connectivity index is 1.45. The van der Waals surface area contributed by atoms with Crippen LogP contribution in [0.5, 0.6) is 5.75 Å². The van der Waals surface area contributed by atoms with Crippen molar-refractivity contribution >= 4 is 5.91 Å². The van der Waals surface area contributed by atoms with Gasteiger partial charge in [0.25, 0.3) is 0 Å². The topological polar surface area (TPSA) is 71.4 Å². The van der Waals surface area contributed by atoms with Crippen molar-refractivity contribution < 1.29 is 9.53 Å². The number of imidazole rings is 1. The summed E-state index contributed by atoms with van der Waals surface area (Å²) in [5, 5.41) is 6.32. The van der Waals surface area contributed by atoms with Crippen LogP contribution in [0.1, 0.15) is 17.4 Å². The molecule has 2 aromatic rings. The van der Waals surface area contributed by atoms with Gasteiger partial charge in [-0.25, -0.2) is 4.98 Å². The average Bonchev–Trinajstić information content (AvgIpc) is 3.05. The van der Waals surface area contributed by atoms with E-state index in [0.717, 1.165) is 36.8 Å². The molecule has 1 aromatic heterocycles. The number of benzene rings is 1. The van der Waals surface area contributed by atoms with Gasteiger partial charge in [0.05, 0.1) is 19.1 Å². The Morgan fingerprint density at radius 2 is 2.35 bits per heavy atom. The van der Waals surface area contributed by atoms with Gasteiger partial charge in [-0.15, -0.1) is 0 Å². The second-order valence-corrected chi connectivity index (χ2v) is 6.60. The Morgan fingerprint density at radius 1 is 1.46 bits per heavy atom. The summed E-state index contributed by atoms with van der Waals surface area (Å²) in [5.74, 6) is 1.82. The molecule has 1 saturated heterocycles. The molecule has 140 valence electrons. The lowest BCUT2D eigenvalue weighted by atomic mass is 10.1. The number of nitrogens with zero attached hydrogens (tertiary/aromatic N) is 3. The lowest BCUT2D eigenvalue weighted by Gasteiger charge is -2.35. The highest BCUT2D eigenvalue weighted by atomic mass is 16.5. The van der Waals surface area contributed by atoms with Crippen molar-refractivity contribution in [2.45, 2.75) is 13.0 Å². The largest absolute Gasteiger partial charge is 0.492 e. The highest BCUT2D eigenvalue weighted by Gasteiger charge is 2.27. The number of hydrogen-bond acceptors (Lipinski definition) is 5. The van der Waals surface area contributed by atoms with Gasteiger partial charge in [-0.1, -0.05) is 12.1 Å². The summed E-state index contributed by atoms with van der Waals surface area (Å²) in [6, 6.07) is 8.01. The summed E-state index contributed by atoms with van der Waals surface area (Å²) in [5.41, 5.74) is 1.16. The summed E-state index contributed by atoms with van der Waals surface area (Å²) in [6.07, 6.45) is 3.73. The van der Waals surface area contributed by atoms with Gasteiger partial charge in [0, 0.05) is 39.1 Å². The third kappa shape index (κ3) is 4.83. The number of carbonyl (C=O) groups excluding carboxylic acids is 1. The lowest BCUT2D eigenvalue weighted by Crippen LogP contribution is -2.50. The van der Waals surface area contributed by atoms with Crippen molar-refractivity contribution in [2.75, 3.05) is 39.3 Å². The van der Waals surface area contributed by atoms with Crippen molar-refractivity contribution in [1.82, 2.24) is 25.1 Å². The number of hydrogen-bond donors (Lipinski definition) is 2. The SMILES string of the molecule is Cc1cccc(OCCNC(=O)CN2CCNCC2c2nccn2C)c1. The molecule has 26 heavy (non-hydrogen) atoms. The normalized spacial score (nSPS) is 17.8. The van der Waals surface area contributed by atoms with Crippen molar-refractivity contribution in [3.05, 3.63) is 48.0 Å². The number of nitrogens with one attached hydrogen (secondary N) is 2. The smallest absolute Gasteiger partial charge is 0.234 e. The van der Waals surface area contributed by atoms with E-state index < -0.39 is 0 Å². The van der Waals surface area contributed by atoms with E-state index in [0.29, 0.717) is 19.7 Å². The molecule has 2 N–H and O–H groups in total. The lowest BCUT2D eigenvalue weighted by molar-refractivity contribution is -0.123. The molecule has 1 unspecified atom stereocenters. The molecule has 7 heteroatoms. The molecule has 1 aliphatic heterocycles. The second kappa shape index (κ2) is 8.82. The van der Waals surface area contributed by atoms with Crippen molar-refractivity contribution in [3.63, 3.8) is 0 Å². The predicted molar refractivity (Wildman–Crippen MR) is 100 cm³/mol. The summed E-state index contributed by atoms with van der Waals surface area (Å²) in [6.45, 7) is 5.85. The Labute approximate surface area is 154 Å². The van der Waals surface area contributed by atoms with E-state index in [2.05, 4.69) is 20.5 Å². The molecule has 0 spiro atoms. The fraction of sp³-hybridized carbons (Fsp3) is 0.474. The molecule has 1 atom stereocenters. The fourth-order valence-electron chi connectivity index (χ4n) is 3.19. The molecule has 0 aliphatic carbocycles. The Morgan fingerprint density at radius 3 is 3.12 bits per heavy atom. The van der Waals surface area contributed by atoms with Crippen LogP contribution in [0.4, 0.5) is 0 Å². The van der Waals surface area contributed by atoms with Crippen LogP contribution in [0.3, 0.4) is 0 Å². The van der Waals surface area contributed by atoms with Gasteiger partial charge < -0.3 is 19.9 Å². The van der Waals surface area contributed by atoms with E-state index in [1.807, 2.05) is 49.0 Å². The maximum Gasteiger partial charge on any atom is 0.234 e. The fourth-order valence-corrected chi connectivity index (χ4v) is 3.19. The predicted octanol–water partition coefficient (Wildman–Crippen LogP) is 0.870. The van der Waals surface area contributed by atoms with Crippen molar-refractivity contribution in [3.8, 4) is 5.75 Å². The molecular formula is C19H27N5O2. The van der Waals surface area contributed by atoms with Crippen LogP contribution in [0.15, 0.2) is 36.7 Å². The molecular weight excluding hydrogens is 330 g/mol. The van der Waals surface area contributed by atoms with Gasteiger partial charge in [-0.2, -0.15) is 0 Å². The Hall–Kier alpha value is -2.38. The van der Waals surface area contributed by atoms with Crippen LogP contribution >= 0.6 is 0 Å². The van der Waals surface area contributed by atoms with Crippen LogP contribution in [0.2, 0.25) is 0 Å². The van der Waals surface area contributed by atoms with E-state index in [4.69, 9.17) is 4.74 Å². The first-order valence-electron chi connectivity index (χ1n) is 9.01. The molecule has 3 rings (SSSR count). The van der Waals surface area contributed by atoms with Gasteiger partial charge in [-0.3, -0.25) is 9.69 Å². The van der Waals surface area contributed by atoms with Crippen LogP contribution in [0.25, 0.3) is 0 Å². The number of amides is 1. The summed E-state index contributed by atoms with van der Waals surface area (Å²) in [4.78, 5) is 18.9. The number of rotatable bonds is 7. The number of piperazine rings is 1. The zero-order chi connectivity index (χ0) is 18.4. The summed E-state index contributed by atoms with van der Waals surface area (Å²) >= 11 is 0. The maximum absolute atomic E-state index is 12.3. The molecule has 0 radical (unpaired) electrons. The number of aryl methyl sites for hydroxylation is 2. The van der Waals surface area contributed by atoms with Crippen LogP contribution in [0, 0.1) is 6.92 Å². The summed E-state index contributed by atoms with van der Waals surface area (Å²) < 4.78 is 7.68. The zero-order valence-corrected chi connectivity index (χ0v) is 15.4. The second-order valence-electron chi connectivity index (χ2n) is 6.60. The quantitative estimate of drug-likeness (QED) is 0.720. The monoisotopic (exact) mass is 357 g/mol. The first-order valence-corrected chi connectivity index (χ1v) is 9.01.